The van der Waals surface area contributed by atoms with Gasteiger partial charge in [0.1, 0.15) is 5.75 Å². The number of aliphatic hydroxyl groups excluding tert-OH is 1. The van der Waals surface area contributed by atoms with E-state index in [9.17, 15) is 0 Å². The van der Waals surface area contributed by atoms with Crippen molar-refractivity contribution in [2.75, 3.05) is 11.9 Å². The number of aliphatic hydroxyl groups is 1. The Hall–Kier alpha value is -2.14. The summed E-state index contributed by atoms with van der Waals surface area (Å²) in [4.78, 5) is 8.69. The fraction of sp³-hybridized carbons (Fsp3) is 0.412. The molecule has 2 N–H and O–H groups in total. The molecule has 1 aromatic heterocycles. The van der Waals surface area contributed by atoms with Crippen LogP contribution in [0.5, 0.6) is 11.6 Å². The fourth-order valence-electron chi connectivity index (χ4n) is 2.98. The zero-order valence-electron chi connectivity index (χ0n) is 12.5. The maximum absolute atomic E-state index is 9.14. The number of para-hydroxylation sites is 1. The molecule has 0 bridgehead atoms. The van der Waals surface area contributed by atoms with E-state index in [0.29, 0.717) is 23.8 Å². The van der Waals surface area contributed by atoms with Gasteiger partial charge < -0.3 is 15.2 Å². The van der Waals surface area contributed by atoms with Crippen LogP contribution in [0.2, 0.25) is 0 Å². The third kappa shape index (κ3) is 3.74. The number of aromatic nitrogens is 2. The van der Waals surface area contributed by atoms with E-state index in [1.165, 1.54) is 6.42 Å². The maximum Gasteiger partial charge on any atom is 0.226 e. The molecule has 0 radical (unpaired) electrons. The number of nitrogens with zero attached hydrogens (tertiary/aromatic N) is 2. The summed E-state index contributed by atoms with van der Waals surface area (Å²) in [5, 5.41) is 12.5. The van der Waals surface area contributed by atoms with Crippen molar-refractivity contribution in [1.29, 1.82) is 0 Å². The van der Waals surface area contributed by atoms with Crippen LogP contribution in [0.3, 0.4) is 0 Å². The van der Waals surface area contributed by atoms with Gasteiger partial charge in [0.2, 0.25) is 11.8 Å². The Morgan fingerprint density at radius 3 is 2.86 bits per heavy atom. The van der Waals surface area contributed by atoms with Gasteiger partial charge in [0.05, 0.1) is 0 Å². The minimum absolute atomic E-state index is 0.237. The van der Waals surface area contributed by atoms with Crippen molar-refractivity contribution in [1.82, 2.24) is 9.97 Å². The van der Waals surface area contributed by atoms with Crippen LogP contribution in [0.25, 0.3) is 0 Å². The molecule has 116 valence electrons. The standard InChI is InChI=1S/C17H21N3O2/c21-12-10-13-5-4-8-15(13)19-17-18-11-9-16(20-17)22-14-6-2-1-3-7-14/h1-3,6-7,9,11,13,15,21H,4-5,8,10,12H2,(H,18,19,20). The lowest BCUT2D eigenvalue weighted by Gasteiger charge is -2.20. The maximum atomic E-state index is 9.14. The Bertz CT molecular complexity index is 591. The molecule has 0 spiro atoms. The topological polar surface area (TPSA) is 67.3 Å². The molecule has 5 nitrogen and oxygen atoms in total. The molecule has 2 atom stereocenters. The molecular weight excluding hydrogens is 278 g/mol. The van der Waals surface area contributed by atoms with Crippen molar-refractivity contribution in [3.05, 3.63) is 42.6 Å². The second kappa shape index (κ2) is 7.22. The molecule has 2 unspecified atom stereocenters. The summed E-state index contributed by atoms with van der Waals surface area (Å²) in [6, 6.07) is 11.7. The van der Waals surface area contributed by atoms with Gasteiger partial charge in [-0.05, 0) is 37.3 Å². The molecule has 1 fully saturated rings. The van der Waals surface area contributed by atoms with Crippen LogP contribution in [0.15, 0.2) is 42.6 Å². The smallest absolute Gasteiger partial charge is 0.226 e. The molecule has 0 aliphatic heterocycles. The summed E-state index contributed by atoms with van der Waals surface area (Å²) in [5.74, 6) is 2.36. The first-order valence-corrected chi connectivity index (χ1v) is 7.78. The zero-order chi connectivity index (χ0) is 15.2. The second-order valence-corrected chi connectivity index (χ2v) is 5.59. The van der Waals surface area contributed by atoms with Crippen molar-refractivity contribution in [3.63, 3.8) is 0 Å². The van der Waals surface area contributed by atoms with Crippen LogP contribution >= 0.6 is 0 Å². The number of hydrogen-bond acceptors (Lipinski definition) is 5. The van der Waals surface area contributed by atoms with E-state index >= 15 is 0 Å². The number of nitrogens with one attached hydrogen (secondary N) is 1. The summed E-state index contributed by atoms with van der Waals surface area (Å²) >= 11 is 0. The molecule has 1 aliphatic carbocycles. The molecule has 3 rings (SSSR count). The molecular formula is C17H21N3O2. The molecule has 1 saturated carbocycles. The number of anilines is 1. The zero-order valence-corrected chi connectivity index (χ0v) is 12.5. The summed E-state index contributed by atoms with van der Waals surface area (Å²) in [7, 11) is 0. The number of benzene rings is 1. The second-order valence-electron chi connectivity index (χ2n) is 5.59. The van der Waals surface area contributed by atoms with Gasteiger partial charge in [-0.3, -0.25) is 0 Å². The Kier molecular flexibility index (Phi) is 4.85. The molecule has 1 heterocycles. The van der Waals surface area contributed by atoms with Gasteiger partial charge in [-0.1, -0.05) is 24.6 Å². The van der Waals surface area contributed by atoms with Gasteiger partial charge in [0, 0.05) is 24.9 Å². The van der Waals surface area contributed by atoms with Crippen molar-refractivity contribution in [2.45, 2.75) is 31.7 Å². The Morgan fingerprint density at radius 2 is 2.05 bits per heavy atom. The number of ether oxygens (including phenoxy) is 1. The SMILES string of the molecule is OCCC1CCCC1Nc1nccc(Oc2ccccc2)n1. The predicted molar refractivity (Wildman–Crippen MR) is 85.0 cm³/mol. The van der Waals surface area contributed by atoms with Crippen LogP contribution in [-0.4, -0.2) is 27.7 Å². The molecule has 22 heavy (non-hydrogen) atoms. The quantitative estimate of drug-likeness (QED) is 0.857. The summed E-state index contributed by atoms with van der Waals surface area (Å²) in [6.45, 7) is 0.237. The molecule has 5 heteroatoms. The lowest BCUT2D eigenvalue weighted by molar-refractivity contribution is 0.254. The van der Waals surface area contributed by atoms with E-state index in [1.807, 2.05) is 30.3 Å². The van der Waals surface area contributed by atoms with Gasteiger partial charge >= 0.3 is 0 Å². The van der Waals surface area contributed by atoms with Crippen LogP contribution in [0, 0.1) is 5.92 Å². The first kappa shape index (κ1) is 14.8. The highest BCUT2D eigenvalue weighted by atomic mass is 16.5. The summed E-state index contributed by atoms with van der Waals surface area (Å²) in [5.41, 5.74) is 0. The highest BCUT2D eigenvalue weighted by Gasteiger charge is 2.27. The van der Waals surface area contributed by atoms with Gasteiger partial charge in [-0.15, -0.1) is 0 Å². The van der Waals surface area contributed by atoms with E-state index in [-0.39, 0.29) is 6.61 Å². The first-order chi connectivity index (χ1) is 10.8. The van der Waals surface area contributed by atoms with E-state index in [4.69, 9.17) is 9.84 Å². The normalized spacial score (nSPS) is 20.8. The summed E-state index contributed by atoms with van der Waals surface area (Å²) < 4.78 is 5.73. The van der Waals surface area contributed by atoms with Crippen LogP contribution in [0.4, 0.5) is 5.95 Å². The van der Waals surface area contributed by atoms with Crippen molar-refractivity contribution < 1.29 is 9.84 Å². The van der Waals surface area contributed by atoms with Crippen LogP contribution < -0.4 is 10.1 Å². The van der Waals surface area contributed by atoms with Crippen molar-refractivity contribution >= 4 is 5.95 Å². The minimum atomic E-state index is 0.237. The lowest BCUT2D eigenvalue weighted by atomic mass is 10.0. The van der Waals surface area contributed by atoms with Crippen molar-refractivity contribution in [3.8, 4) is 11.6 Å². The molecule has 1 aliphatic rings. The van der Waals surface area contributed by atoms with E-state index < -0.39 is 0 Å². The minimum Gasteiger partial charge on any atom is -0.439 e. The van der Waals surface area contributed by atoms with E-state index in [0.717, 1.165) is 25.0 Å². The van der Waals surface area contributed by atoms with Gasteiger partial charge in [0.15, 0.2) is 0 Å². The molecule has 0 saturated heterocycles. The van der Waals surface area contributed by atoms with E-state index in [2.05, 4.69) is 15.3 Å². The number of hydrogen-bond donors (Lipinski definition) is 2. The molecule has 2 aromatic rings. The lowest BCUT2D eigenvalue weighted by Crippen LogP contribution is -2.25. The Balaban J connectivity index is 1.66. The fourth-order valence-corrected chi connectivity index (χ4v) is 2.98. The average Bonchev–Trinajstić information content (AvgIpc) is 2.96. The first-order valence-electron chi connectivity index (χ1n) is 7.78. The predicted octanol–water partition coefficient (Wildman–Crippen LogP) is 3.23. The largest absolute Gasteiger partial charge is 0.439 e. The van der Waals surface area contributed by atoms with E-state index in [1.54, 1.807) is 12.3 Å². The van der Waals surface area contributed by atoms with Gasteiger partial charge in [0.25, 0.3) is 0 Å². The monoisotopic (exact) mass is 299 g/mol. The van der Waals surface area contributed by atoms with Gasteiger partial charge in [-0.2, -0.15) is 4.98 Å². The van der Waals surface area contributed by atoms with Crippen molar-refractivity contribution in [2.24, 2.45) is 5.92 Å². The average molecular weight is 299 g/mol. The Labute approximate surface area is 130 Å². The van der Waals surface area contributed by atoms with Crippen LogP contribution in [-0.2, 0) is 0 Å². The molecule has 1 aromatic carbocycles. The number of rotatable bonds is 6. The molecule has 0 amide bonds. The third-order valence-electron chi connectivity index (χ3n) is 4.07. The third-order valence-corrected chi connectivity index (χ3v) is 4.07. The van der Waals surface area contributed by atoms with Gasteiger partial charge in [-0.25, -0.2) is 4.98 Å². The summed E-state index contributed by atoms with van der Waals surface area (Å²) in [6.07, 6.45) is 5.96. The highest BCUT2D eigenvalue weighted by molar-refractivity contribution is 5.32. The van der Waals surface area contributed by atoms with Crippen LogP contribution in [0.1, 0.15) is 25.7 Å². The Morgan fingerprint density at radius 1 is 1.18 bits per heavy atom. The highest BCUT2D eigenvalue weighted by Crippen LogP contribution is 2.30.